The Kier molecular flexibility index (Phi) is 4.41. The van der Waals surface area contributed by atoms with Gasteiger partial charge < -0.3 is 10.6 Å². The molecule has 0 spiro atoms. The SMILES string of the molecule is CN1CCC(N(CCN)CC(F)F)C1=O. The fourth-order valence-electron chi connectivity index (χ4n) is 1.86. The highest BCUT2D eigenvalue weighted by molar-refractivity contribution is 5.83. The first-order chi connectivity index (χ1) is 7.06. The highest BCUT2D eigenvalue weighted by Gasteiger charge is 2.34. The van der Waals surface area contributed by atoms with E-state index in [2.05, 4.69) is 0 Å². The molecule has 1 rings (SSSR count). The van der Waals surface area contributed by atoms with Crippen molar-refractivity contribution in [1.29, 1.82) is 0 Å². The maximum absolute atomic E-state index is 12.3. The maximum atomic E-state index is 12.3. The molecule has 0 aromatic rings. The fraction of sp³-hybridized carbons (Fsp3) is 0.889. The molecule has 0 aromatic heterocycles. The zero-order valence-corrected chi connectivity index (χ0v) is 8.83. The van der Waals surface area contributed by atoms with Gasteiger partial charge in [0.15, 0.2) is 0 Å². The molecule has 1 atom stereocenters. The van der Waals surface area contributed by atoms with Gasteiger partial charge in [0.1, 0.15) is 0 Å². The van der Waals surface area contributed by atoms with Gasteiger partial charge in [0.05, 0.1) is 12.6 Å². The minimum Gasteiger partial charge on any atom is -0.344 e. The zero-order chi connectivity index (χ0) is 11.4. The van der Waals surface area contributed by atoms with Crippen molar-refractivity contribution >= 4 is 5.91 Å². The summed E-state index contributed by atoms with van der Waals surface area (Å²) in [5.74, 6) is -0.0795. The van der Waals surface area contributed by atoms with Gasteiger partial charge in [-0.1, -0.05) is 0 Å². The summed E-state index contributed by atoms with van der Waals surface area (Å²) in [5, 5.41) is 0. The third-order valence-electron chi connectivity index (χ3n) is 2.63. The van der Waals surface area contributed by atoms with Crippen LogP contribution in [-0.2, 0) is 4.79 Å². The van der Waals surface area contributed by atoms with Crippen LogP contribution in [0.25, 0.3) is 0 Å². The second-order valence-electron chi connectivity index (χ2n) is 3.74. The van der Waals surface area contributed by atoms with Crippen molar-refractivity contribution in [2.45, 2.75) is 18.9 Å². The highest BCUT2D eigenvalue weighted by Crippen LogP contribution is 2.16. The van der Waals surface area contributed by atoms with E-state index < -0.39 is 12.5 Å². The van der Waals surface area contributed by atoms with E-state index in [1.165, 1.54) is 4.90 Å². The van der Waals surface area contributed by atoms with Crippen LogP contribution in [0.5, 0.6) is 0 Å². The Hall–Kier alpha value is -0.750. The molecule has 1 saturated heterocycles. The van der Waals surface area contributed by atoms with Crippen LogP contribution < -0.4 is 5.73 Å². The maximum Gasteiger partial charge on any atom is 0.251 e. The van der Waals surface area contributed by atoms with Gasteiger partial charge in [-0.2, -0.15) is 0 Å². The molecule has 1 unspecified atom stereocenters. The Bertz CT molecular complexity index is 225. The monoisotopic (exact) mass is 221 g/mol. The van der Waals surface area contributed by atoms with Crippen molar-refractivity contribution in [3.05, 3.63) is 0 Å². The van der Waals surface area contributed by atoms with Gasteiger partial charge in [-0.25, -0.2) is 8.78 Å². The largest absolute Gasteiger partial charge is 0.344 e. The fourth-order valence-corrected chi connectivity index (χ4v) is 1.86. The van der Waals surface area contributed by atoms with Crippen molar-refractivity contribution in [3.8, 4) is 0 Å². The molecule has 1 amide bonds. The Labute approximate surface area is 88.0 Å². The smallest absolute Gasteiger partial charge is 0.251 e. The molecule has 0 radical (unpaired) electrons. The predicted octanol–water partition coefficient (Wildman–Crippen LogP) is -0.257. The van der Waals surface area contributed by atoms with Gasteiger partial charge in [-0.15, -0.1) is 0 Å². The summed E-state index contributed by atoms with van der Waals surface area (Å²) in [4.78, 5) is 14.7. The summed E-state index contributed by atoms with van der Waals surface area (Å²) < 4.78 is 24.6. The number of amides is 1. The quantitative estimate of drug-likeness (QED) is 0.696. The minimum absolute atomic E-state index is 0.0795. The van der Waals surface area contributed by atoms with Gasteiger partial charge in [0.2, 0.25) is 5.91 Å². The van der Waals surface area contributed by atoms with Crippen LogP contribution in [0, 0.1) is 0 Å². The number of likely N-dealkylation sites (N-methyl/N-ethyl adjacent to an activating group) is 1. The average molecular weight is 221 g/mol. The molecular weight excluding hydrogens is 204 g/mol. The Balaban J connectivity index is 2.59. The first-order valence-electron chi connectivity index (χ1n) is 5.03. The summed E-state index contributed by atoms with van der Waals surface area (Å²) >= 11 is 0. The molecule has 1 heterocycles. The number of hydrogen-bond donors (Lipinski definition) is 1. The molecule has 1 aliphatic rings. The topological polar surface area (TPSA) is 49.6 Å². The number of rotatable bonds is 5. The third kappa shape index (κ3) is 3.10. The Morgan fingerprint density at radius 2 is 2.33 bits per heavy atom. The Morgan fingerprint density at radius 1 is 1.67 bits per heavy atom. The van der Waals surface area contributed by atoms with Gasteiger partial charge >= 0.3 is 0 Å². The van der Waals surface area contributed by atoms with Crippen LogP contribution in [0.3, 0.4) is 0 Å². The van der Waals surface area contributed by atoms with Crippen LogP contribution in [0.2, 0.25) is 0 Å². The van der Waals surface area contributed by atoms with Crippen LogP contribution >= 0.6 is 0 Å². The van der Waals surface area contributed by atoms with Crippen LogP contribution in [0.15, 0.2) is 0 Å². The van der Waals surface area contributed by atoms with Crippen LogP contribution in [-0.4, -0.2) is 61.4 Å². The molecule has 6 heteroatoms. The van der Waals surface area contributed by atoms with E-state index in [1.54, 1.807) is 11.9 Å². The zero-order valence-electron chi connectivity index (χ0n) is 8.83. The molecule has 15 heavy (non-hydrogen) atoms. The van der Waals surface area contributed by atoms with Gasteiger partial charge in [-0.05, 0) is 6.42 Å². The van der Waals surface area contributed by atoms with E-state index in [1.807, 2.05) is 0 Å². The highest BCUT2D eigenvalue weighted by atomic mass is 19.3. The lowest BCUT2D eigenvalue weighted by atomic mass is 10.2. The number of carbonyl (C=O) groups excluding carboxylic acids is 1. The lowest BCUT2D eigenvalue weighted by Crippen LogP contribution is -2.45. The number of likely N-dealkylation sites (tertiary alicyclic amines) is 1. The first kappa shape index (κ1) is 12.3. The van der Waals surface area contributed by atoms with Crippen molar-refractivity contribution in [3.63, 3.8) is 0 Å². The number of carbonyl (C=O) groups is 1. The molecule has 1 aliphatic heterocycles. The molecule has 88 valence electrons. The van der Waals surface area contributed by atoms with Crippen molar-refractivity contribution in [2.24, 2.45) is 5.73 Å². The summed E-state index contributed by atoms with van der Waals surface area (Å²) in [5.41, 5.74) is 5.34. The van der Waals surface area contributed by atoms with E-state index in [0.717, 1.165) is 0 Å². The van der Waals surface area contributed by atoms with Crippen molar-refractivity contribution in [2.75, 3.05) is 33.2 Å². The number of nitrogens with zero attached hydrogens (tertiary/aromatic N) is 2. The lowest BCUT2D eigenvalue weighted by molar-refractivity contribution is -0.131. The molecule has 1 fully saturated rings. The molecule has 0 aromatic carbocycles. The first-order valence-corrected chi connectivity index (χ1v) is 5.03. The van der Waals surface area contributed by atoms with E-state index in [0.29, 0.717) is 26.1 Å². The molecule has 0 aliphatic carbocycles. The molecule has 0 saturated carbocycles. The van der Waals surface area contributed by atoms with E-state index in [4.69, 9.17) is 5.73 Å². The summed E-state index contributed by atoms with van der Waals surface area (Å²) in [6.07, 6.45) is -1.81. The van der Waals surface area contributed by atoms with E-state index in [-0.39, 0.29) is 12.5 Å². The van der Waals surface area contributed by atoms with E-state index in [9.17, 15) is 13.6 Å². The van der Waals surface area contributed by atoms with Crippen LogP contribution in [0.1, 0.15) is 6.42 Å². The van der Waals surface area contributed by atoms with E-state index >= 15 is 0 Å². The lowest BCUT2D eigenvalue weighted by Gasteiger charge is -2.26. The average Bonchev–Trinajstić information content (AvgIpc) is 2.46. The summed E-state index contributed by atoms with van der Waals surface area (Å²) in [7, 11) is 1.69. The summed E-state index contributed by atoms with van der Waals surface area (Å²) in [6.45, 7) is 0.893. The van der Waals surface area contributed by atoms with Crippen molar-refractivity contribution in [1.82, 2.24) is 9.80 Å². The number of hydrogen-bond acceptors (Lipinski definition) is 3. The van der Waals surface area contributed by atoms with Crippen molar-refractivity contribution < 1.29 is 13.6 Å². The van der Waals surface area contributed by atoms with Gasteiger partial charge in [0.25, 0.3) is 6.43 Å². The second-order valence-corrected chi connectivity index (χ2v) is 3.74. The predicted molar refractivity (Wildman–Crippen MR) is 52.7 cm³/mol. The minimum atomic E-state index is -2.42. The molecule has 0 bridgehead atoms. The molecule has 2 N–H and O–H groups in total. The standard InChI is InChI=1S/C9H17F2N3O/c1-13-4-2-7(9(13)15)14(5-3-12)6-8(10)11/h7-8H,2-6,12H2,1H3. The molecular formula is C9H17F2N3O. The van der Waals surface area contributed by atoms with Crippen LogP contribution in [0.4, 0.5) is 8.78 Å². The van der Waals surface area contributed by atoms with Gasteiger partial charge in [0, 0.05) is 26.7 Å². The summed E-state index contributed by atoms with van der Waals surface area (Å²) in [6, 6.07) is -0.410. The number of nitrogens with two attached hydrogens (primary N) is 1. The molecule has 4 nitrogen and oxygen atoms in total. The second kappa shape index (κ2) is 5.37. The van der Waals surface area contributed by atoms with Gasteiger partial charge in [-0.3, -0.25) is 9.69 Å². The normalized spacial score (nSPS) is 22.1. The third-order valence-corrected chi connectivity index (χ3v) is 2.63. The number of halogens is 2. The Morgan fingerprint density at radius 3 is 2.73 bits per heavy atom. The number of alkyl halides is 2.